The fourth-order valence-electron chi connectivity index (χ4n) is 2.70. The third kappa shape index (κ3) is 4.97. The SMILES string of the molecule is CCc1cccc(C)c1NC(=O)C(C)(C)C(=O)Nc1ccc(NC(C)=O)cc1. The number of nitrogens with one attached hydrogen (secondary N) is 3. The maximum Gasteiger partial charge on any atom is 0.239 e. The van der Waals surface area contributed by atoms with Crippen molar-refractivity contribution in [2.45, 2.75) is 41.0 Å². The summed E-state index contributed by atoms with van der Waals surface area (Å²) in [5.41, 5.74) is 2.65. The third-order valence-corrected chi connectivity index (χ3v) is 4.58. The zero-order chi connectivity index (χ0) is 20.9. The first-order valence-corrected chi connectivity index (χ1v) is 9.24. The van der Waals surface area contributed by atoms with Crippen molar-refractivity contribution in [3.05, 3.63) is 53.6 Å². The molecule has 2 aromatic carbocycles. The van der Waals surface area contributed by atoms with Crippen molar-refractivity contribution in [3.8, 4) is 0 Å². The molecule has 6 nitrogen and oxygen atoms in total. The van der Waals surface area contributed by atoms with Gasteiger partial charge in [0.25, 0.3) is 0 Å². The summed E-state index contributed by atoms with van der Waals surface area (Å²) in [6.45, 7) is 8.56. The van der Waals surface area contributed by atoms with Crippen molar-refractivity contribution in [1.82, 2.24) is 0 Å². The molecule has 0 atom stereocenters. The van der Waals surface area contributed by atoms with Gasteiger partial charge in [-0.2, -0.15) is 0 Å². The minimum absolute atomic E-state index is 0.169. The molecule has 148 valence electrons. The quantitative estimate of drug-likeness (QED) is 0.658. The molecule has 0 aliphatic carbocycles. The minimum Gasteiger partial charge on any atom is -0.326 e. The summed E-state index contributed by atoms with van der Waals surface area (Å²) in [6.07, 6.45) is 0.782. The second kappa shape index (κ2) is 8.69. The fraction of sp³-hybridized carbons (Fsp3) is 0.318. The van der Waals surface area contributed by atoms with Crippen LogP contribution < -0.4 is 16.0 Å². The second-order valence-electron chi connectivity index (χ2n) is 7.25. The zero-order valence-corrected chi connectivity index (χ0v) is 17.0. The van der Waals surface area contributed by atoms with Crippen molar-refractivity contribution >= 4 is 34.8 Å². The van der Waals surface area contributed by atoms with Gasteiger partial charge in [0.2, 0.25) is 17.7 Å². The number of para-hydroxylation sites is 1. The Hall–Kier alpha value is -3.15. The molecule has 3 amide bonds. The van der Waals surface area contributed by atoms with Gasteiger partial charge < -0.3 is 16.0 Å². The van der Waals surface area contributed by atoms with Crippen LogP contribution in [0.3, 0.4) is 0 Å². The van der Waals surface area contributed by atoms with Gasteiger partial charge in [-0.25, -0.2) is 0 Å². The molecule has 0 spiro atoms. The van der Waals surface area contributed by atoms with Gasteiger partial charge in [0.15, 0.2) is 0 Å². The second-order valence-corrected chi connectivity index (χ2v) is 7.25. The predicted molar refractivity (Wildman–Crippen MR) is 112 cm³/mol. The molecule has 0 bridgehead atoms. The van der Waals surface area contributed by atoms with E-state index in [1.807, 2.05) is 32.0 Å². The van der Waals surface area contributed by atoms with E-state index in [9.17, 15) is 14.4 Å². The Labute approximate surface area is 165 Å². The first-order chi connectivity index (χ1) is 13.1. The van der Waals surface area contributed by atoms with Crippen molar-refractivity contribution in [2.24, 2.45) is 5.41 Å². The normalized spacial score (nSPS) is 10.9. The molecule has 0 saturated heterocycles. The smallest absolute Gasteiger partial charge is 0.239 e. The molecule has 2 rings (SSSR count). The third-order valence-electron chi connectivity index (χ3n) is 4.58. The van der Waals surface area contributed by atoms with Crippen LogP contribution in [0.1, 0.15) is 38.8 Å². The maximum atomic E-state index is 12.8. The van der Waals surface area contributed by atoms with Crippen molar-refractivity contribution in [3.63, 3.8) is 0 Å². The highest BCUT2D eigenvalue weighted by molar-refractivity contribution is 6.14. The molecule has 0 unspecified atom stereocenters. The van der Waals surface area contributed by atoms with Crippen LogP contribution in [0.25, 0.3) is 0 Å². The van der Waals surface area contributed by atoms with E-state index in [1.54, 1.807) is 38.1 Å². The lowest BCUT2D eigenvalue weighted by atomic mass is 9.90. The molecule has 0 aliphatic heterocycles. The Balaban J connectivity index is 2.11. The summed E-state index contributed by atoms with van der Waals surface area (Å²) in [5.74, 6) is -0.954. The molecule has 6 heteroatoms. The number of amides is 3. The van der Waals surface area contributed by atoms with Crippen LogP contribution >= 0.6 is 0 Å². The Morgan fingerprint density at radius 1 is 0.857 bits per heavy atom. The Kier molecular flexibility index (Phi) is 6.57. The molecule has 28 heavy (non-hydrogen) atoms. The van der Waals surface area contributed by atoms with E-state index >= 15 is 0 Å². The molecule has 0 aromatic heterocycles. The first-order valence-electron chi connectivity index (χ1n) is 9.24. The predicted octanol–water partition coefficient (Wildman–Crippen LogP) is 4.12. The highest BCUT2D eigenvalue weighted by atomic mass is 16.2. The van der Waals surface area contributed by atoms with Crippen LogP contribution in [-0.2, 0) is 20.8 Å². The van der Waals surface area contributed by atoms with Crippen molar-refractivity contribution in [2.75, 3.05) is 16.0 Å². The average Bonchev–Trinajstić information content (AvgIpc) is 2.64. The highest BCUT2D eigenvalue weighted by Gasteiger charge is 2.36. The van der Waals surface area contributed by atoms with Gasteiger partial charge in [0, 0.05) is 24.0 Å². The van der Waals surface area contributed by atoms with E-state index in [-0.39, 0.29) is 11.8 Å². The number of hydrogen-bond acceptors (Lipinski definition) is 3. The minimum atomic E-state index is -1.27. The summed E-state index contributed by atoms with van der Waals surface area (Å²) in [4.78, 5) is 36.6. The van der Waals surface area contributed by atoms with Gasteiger partial charge in [0.1, 0.15) is 5.41 Å². The van der Waals surface area contributed by atoms with Crippen LogP contribution in [0.15, 0.2) is 42.5 Å². The highest BCUT2D eigenvalue weighted by Crippen LogP contribution is 2.26. The van der Waals surface area contributed by atoms with Crippen LogP contribution in [0.4, 0.5) is 17.1 Å². The largest absolute Gasteiger partial charge is 0.326 e. The molecule has 2 aromatic rings. The number of aryl methyl sites for hydroxylation is 2. The lowest BCUT2D eigenvalue weighted by Crippen LogP contribution is -2.41. The van der Waals surface area contributed by atoms with Gasteiger partial charge >= 0.3 is 0 Å². The summed E-state index contributed by atoms with van der Waals surface area (Å²) in [5, 5.41) is 8.34. The van der Waals surface area contributed by atoms with Gasteiger partial charge in [-0.3, -0.25) is 14.4 Å². The molecule has 0 saturated carbocycles. The van der Waals surface area contributed by atoms with E-state index in [2.05, 4.69) is 16.0 Å². The van der Waals surface area contributed by atoms with E-state index in [4.69, 9.17) is 0 Å². The van der Waals surface area contributed by atoms with Crippen molar-refractivity contribution in [1.29, 1.82) is 0 Å². The van der Waals surface area contributed by atoms with E-state index in [0.717, 1.165) is 23.2 Å². The lowest BCUT2D eigenvalue weighted by molar-refractivity contribution is -0.135. The topological polar surface area (TPSA) is 87.3 Å². The number of rotatable bonds is 6. The van der Waals surface area contributed by atoms with Crippen molar-refractivity contribution < 1.29 is 14.4 Å². The zero-order valence-electron chi connectivity index (χ0n) is 17.0. The summed E-state index contributed by atoms with van der Waals surface area (Å²) in [6, 6.07) is 12.6. The van der Waals surface area contributed by atoms with Gasteiger partial charge in [-0.05, 0) is 62.6 Å². The lowest BCUT2D eigenvalue weighted by Gasteiger charge is -2.24. The van der Waals surface area contributed by atoms with E-state index in [1.165, 1.54) is 6.92 Å². The molecular formula is C22H27N3O3. The Morgan fingerprint density at radius 2 is 1.39 bits per heavy atom. The Bertz CT molecular complexity index is 886. The van der Waals surface area contributed by atoms with Gasteiger partial charge in [0.05, 0.1) is 0 Å². The number of carbonyl (C=O) groups is 3. The van der Waals surface area contributed by atoms with Gasteiger partial charge in [-0.1, -0.05) is 25.1 Å². The molecule has 0 radical (unpaired) electrons. The maximum absolute atomic E-state index is 12.8. The summed E-state index contributed by atoms with van der Waals surface area (Å²) < 4.78 is 0. The van der Waals surface area contributed by atoms with Crippen LogP contribution in [0.2, 0.25) is 0 Å². The first kappa shape index (κ1) is 21.2. The van der Waals surface area contributed by atoms with E-state index < -0.39 is 11.3 Å². The number of carbonyl (C=O) groups excluding carboxylic acids is 3. The van der Waals surface area contributed by atoms with Crippen LogP contribution in [0, 0.1) is 12.3 Å². The molecule has 0 heterocycles. The molecule has 0 fully saturated rings. The van der Waals surface area contributed by atoms with E-state index in [0.29, 0.717) is 11.4 Å². The van der Waals surface area contributed by atoms with Crippen LogP contribution in [-0.4, -0.2) is 17.7 Å². The number of anilines is 3. The number of hydrogen-bond donors (Lipinski definition) is 3. The van der Waals surface area contributed by atoms with Gasteiger partial charge in [-0.15, -0.1) is 0 Å². The number of benzene rings is 2. The molecular weight excluding hydrogens is 354 g/mol. The summed E-state index contributed by atoms with van der Waals surface area (Å²) >= 11 is 0. The summed E-state index contributed by atoms with van der Waals surface area (Å²) in [7, 11) is 0. The molecule has 0 aliphatic rings. The monoisotopic (exact) mass is 381 g/mol. The Morgan fingerprint density at radius 3 is 1.93 bits per heavy atom. The fourth-order valence-corrected chi connectivity index (χ4v) is 2.70. The average molecular weight is 381 g/mol. The molecule has 3 N–H and O–H groups in total. The van der Waals surface area contributed by atoms with Crippen LogP contribution in [0.5, 0.6) is 0 Å². The standard InChI is InChI=1S/C22H27N3O3/c1-6-16-9-7-8-14(2)19(16)25-21(28)22(4,5)20(27)24-18-12-10-17(11-13-18)23-15(3)26/h7-13H,6H2,1-5H3,(H,23,26)(H,24,27)(H,25,28).